The number of fused-ring (bicyclic) bond motifs is 1. The van der Waals surface area contributed by atoms with E-state index in [4.69, 9.17) is 4.43 Å². The van der Waals surface area contributed by atoms with E-state index in [9.17, 15) is 4.79 Å². The summed E-state index contributed by atoms with van der Waals surface area (Å²) in [6, 6.07) is 0. The third kappa shape index (κ3) is 5.88. The van der Waals surface area contributed by atoms with Crippen molar-refractivity contribution in [1.29, 1.82) is 0 Å². The van der Waals surface area contributed by atoms with E-state index in [0.29, 0.717) is 38.3 Å². The van der Waals surface area contributed by atoms with E-state index in [0.717, 1.165) is 12.8 Å². The third-order valence-electron chi connectivity index (χ3n) is 9.44. The SMILES string of the molecule is C[Se]CC1=CC[C@H](O[Si](C)(C)C(C)(C)C)C/C1=C\C=C1/CCC[C@]2(C)[C@@H](C(C)C=O)CC[C@@H]12. The average molecular weight is 536 g/mol. The molecule has 1 unspecified atom stereocenters. The molecule has 0 heterocycles. The summed E-state index contributed by atoms with van der Waals surface area (Å²) in [6.45, 7) is 16.4. The van der Waals surface area contributed by atoms with Gasteiger partial charge in [0.1, 0.15) is 0 Å². The van der Waals surface area contributed by atoms with Gasteiger partial charge in [0.05, 0.1) is 0 Å². The van der Waals surface area contributed by atoms with E-state index in [2.05, 4.69) is 71.8 Å². The normalized spacial score (nSPS) is 34.3. The molecule has 0 aromatic carbocycles. The van der Waals surface area contributed by atoms with Crippen molar-refractivity contribution in [3.63, 3.8) is 0 Å². The fourth-order valence-electron chi connectivity index (χ4n) is 6.48. The van der Waals surface area contributed by atoms with Crippen LogP contribution >= 0.6 is 0 Å². The van der Waals surface area contributed by atoms with Gasteiger partial charge in [-0.2, -0.15) is 0 Å². The van der Waals surface area contributed by atoms with Gasteiger partial charge in [-0.3, -0.25) is 0 Å². The van der Waals surface area contributed by atoms with Crippen molar-refractivity contribution in [3.8, 4) is 0 Å². The molecule has 3 rings (SSSR count). The first-order valence-electron chi connectivity index (χ1n) is 13.1. The van der Waals surface area contributed by atoms with Crippen LogP contribution in [0.15, 0.2) is 34.9 Å². The zero-order chi connectivity index (χ0) is 24.4. The number of hydrogen-bond donors (Lipinski definition) is 0. The topological polar surface area (TPSA) is 26.3 Å². The Kier molecular flexibility index (Phi) is 8.80. The Morgan fingerprint density at radius 3 is 2.64 bits per heavy atom. The van der Waals surface area contributed by atoms with Crippen LogP contribution in [-0.4, -0.2) is 35.7 Å². The van der Waals surface area contributed by atoms with Crippen LogP contribution in [0.3, 0.4) is 0 Å². The van der Waals surface area contributed by atoms with Gasteiger partial charge in [-0.25, -0.2) is 0 Å². The molecule has 0 bridgehead atoms. The van der Waals surface area contributed by atoms with Crippen molar-refractivity contribution >= 4 is 29.6 Å². The van der Waals surface area contributed by atoms with Gasteiger partial charge in [0.25, 0.3) is 0 Å². The van der Waals surface area contributed by atoms with Crippen LogP contribution in [0, 0.1) is 23.2 Å². The molecular weight excluding hydrogens is 487 g/mol. The number of carbonyl (C=O) groups excluding carboxylic acids is 1. The van der Waals surface area contributed by atoms with Crippen LogP contribution in [-0.2, 0) is 9.22 Å². The van der Waals surface area contributed by atoms with Gasteiger partial charge in [0.15, 0.2) is 0 Å². The van der Waals surface area contributed by atoms with Crippen molar-refractivity contribution in [2.45, 2.75) is 115 Å². The second kappa shape index (κ2) is 10.7. The Morgan fingerprint density at radius 2 is 2.00 bits per heavy atom. The van der Waals surface area contributed by atoms with Crippen molar-refractivity contribution in [2.24, 2.45) is 23.2 Å². The monoisotopic (exact) mass is 536 g/mol. The van der Waals surface area contributed by atoms with Crippen LogP contribution in [0.2, 0.25) is 29.3 Å². The Morgan fingerprint density at radius 1 is 1.27 bits per heavy atom. The molecular formula is C29H48O2SeSi. The Labute approximate surface area is 211 Å². The van der Waals surface area contributed by atoms with Gasteiger partial charge < -0.3 is 0 Å². The van der Waals surface area contributed by atoms with E-state index in [1.807, 2.05) is 0 Å². The fraction of sp³-hybridized carbons (Fsp3) is 0.759. The van der Waals surface area contributed by atoms with Crippen LogP contribution in [0.25, 0.3) is 0 Å². The molecule has 33 heavy (non-hydrogen) atoms. The minimum absolute atomic E-state index is 0.186. The molecule has 0 spiro atoms. The van der Waals surface area contributed by atoms with Gasteiger partial charge in [0.2, 0.25) is 0 Å². The molecule has 186 valence electrons. The average Bonchev–Trinajstić information content (AvgIpc) is 3.09. The number of aldehydes is 1. The van der Waals surface area contributed by atoms with E-state index in [-0.39, 0.29) is 11.0 Å². The zero-order valence-electron chi connectivity index (χ0n) is 22.5. The van der Waals surface area contributed by atoms with Crippen LogP contribution < -0.4 is 0 Å². The van der Waals surface area contributed by atoms with Crippen molar-refractivity contribution in [2.75, 3.05) is 0 Å². The number of hydrogen-bond acceptors (Lipinski definition) is 2. The Bertz CT molecular complexity index is 803. The van der Waals surface area contributed by atoms with Crippen LogP contribution in [0.4, 0.5) is 0 Å². The molecule has 2 saturated carbocycles. The molecule has 0 radical (unpaired) electrons. The fourth-order valence-corrected chi connectivity index (χ4v) is 9.13. The third-order valence-corrected chi connectivity index (χ3v) is 15.2. The van der Waals surface area contributed by atoms with Crippen molar-refractivity contribution < 1.29 is 9.22 Å². The number of allylic oxidation sites excluding steroid dienone is 4. The predicted molar refractivity (Wildman–Crippen MR) is 145 cm³/mol. The van der Waals surface area contributed by atoms with E-state index in [1.165, 1.54) is 49.3 Å². The van der Waals surface area contributed by atoms with E-state index < -0.39 is 8.32 Å². The summed E-state index contributed by atoms with van der Waals surface area (Å²) >= 11 is 0.651. The molecule has 0 aliphatic heterocycles. The minimum atomic E-state index is -1.76. The van der Waals surface area contributed by atoms with Crippen LogP contribution in [0.5, 0.6) is 0 Å². The molecule has 0 aromatic heterocycles. The molecule has 5 atom stereocenters. The predicted octanol–water partition coefficient (Wildman–Crippen LogP) is 8.17. The van der Waals surface area contributed by atoms with Gasteiger partial charge >= 0.3 is 212 Å². The second-order valence-electron chi connectivity index (χ2n) is 12.6. The number of rotatable bonds is 7. The van der Waals surface area contributed by atoms with Crippen molar-refractivity contribution in [3.05, 3.63) is 34.9 Å². The molecule has 0 N–H and O–H groups in total. The standard InChI is InChI=1S/C29H48O2SeSi/c1-21(19-30)26-15-16-27-22(10-9-17-29(26,27)5)11-12-23-18-25(14-13-24(23)20-32-6)31-33(7,8)28(2,3)4/h11-13,19,21,25-27H,9-10,14-18,20H2,1-8H3/b22-11+,23-12+/t21?,25-,26+,27-,29+/m0/s1. The van der Waals surface area contributed by atoms with Gasteiger partial charge in [-0.15, -0.1) is 0 Å². The summed E-state index contributed by atoms with van der Waals surface area (Å²) in [5, 5.41) is 1.48. The van der Waals surface area contributed by atoms with Gasteiger partial charge in [0, 0.05) is 0 Å². The first kappa shape index (κ1) is 27.2. The molecule has 2 nitrogen and oxygen atoms in total. The summed E-state index contributed by atoms with van der Waals surface area (Å²) < 4.78 is 6.83. The van der Waals surface area contributed by atoms with Crippen LogP contribution in [0.1, 0.15) is 79.6 Å². The molecule has 3 aliphatic carbocycles. The summed E-state index contributed by atoms with van der Waals surface area (Å²) in [4.78, 5) is 11.6. The zero-order valence-corrected chi connectivity index (χ0v) is 25.2. The Hall–Kier alpha value is -0.414. The maximum absolute atomic E-state index is 11.6. The summed E-state index contributed by atoms with van der Waals surface area (Å²) in [5.74, 6) is 3.74. The molecule has 0 saturated heterocycles. The first-order valence-corrected chi connectivity index (χ1v) is 19.0. The molecule has 4 heteroatoms. The summed E-state index contributed by atoms with van der Waals surface area (Å²) in [5.41, 5.74) is 5.03. The quantitative estimate of drug-likeness (QED) is 0.243. The molecule has 3 aliphatic rings. The summed E-state index contributed by atoms with van der Waals surface area (Å²) in [6.07, 6.45) is 17.3. The van der Waals surface area contributed by atoms with E-state index >= 15 is 0 Å². The van der Waals surface area contributed by atoms with Gasteiger partial charge in [-0.1, -0.05) is 0 Å². The first-order chi connectivity index (χ1) is 15.4. The maximum atomic E-state index is 11.6. The van der Waals surface area contributed by atoms with Gasteiger partial charge in [-0.05, 0) is 0 Å². The second-order valence-corrected chi connectivity index (χ2v) is 19.2. The summed E-state index contributed by atoms with van der Waals surface area (Å²) in [7, 11) is -1.76. The molecule has 2 fully saturated rings. The van der Waals surface area contributed by atoms with E-state index in [1.54, 1.807) is 11.1 Å². The Balaban J connectivity index is 1.83. The molecule has 0 amide bonds. The van der Waals surface area contributed by atoms with Crippen molar-refractivity contribution in [1.82, 2.24) is 0 Å². The molecule has 0 aromatic rings. The number of carbonyl (C=O) groups is 1.